The molecule has 0 aliphatic carbocycles. The molecule has 0 rings (SSSR count). The molecular formula is C11H24N2O2. The summed E-state index contributed by atoms with van der Waals surface area (Å²) in [6, 6.07) is 0. The van der Waals surface area contributed by atoms with Crippen molar-refractivity contribution in [2.24, 2.45) is 5.92 Å². The van der Waals surface area contributed by atoms with E-state index in [2.05, 4.69) is 31.4 Å². The summed E-state index contributed by atoms with van der Waals surface area (Å²) in [6.45, 7) is 9.44. The van der Waals surface area contributed by atoms with E-state index in [1.165, 1.54) is 0 Å². The van der Waals surface area contributed by atoms with Crippen molar-refractivity contribution in [2.45, 2.75) is 39.7 Å². The van der Waals surface area contributed by atoms with Gasteiger partial charge in [0.15, 0.2) is 0 Å². The number of amides is 1. The molecule has 0 bridgehead atoms. The van der Waals surface area contributed by atoms with Crippen LogP contribution in [-0.2, 0) is 4.79 Å². The number of nitrogens with one attached hydrogen (secondary N) is 2. The third-order valence-corrected chi connectivity index (χ3v) is 1.97. The zero-order valence-corrected chi connectivity index (χ0v) is 10.3. The van der Waals surface area contributed by atoms with Crippen LogP contribution in [0, 0.1) is 5.92 Å². The lowest BCUT2D eigenvalue weighted by molar-refractivity contribution is -0.121. The van der Waals surface area contributed by atoms with Crippen LogP contribution in [0.4, 0.5) is 0 Å². The van der Waals surface area contributed by atoms with E-state index in [-0.39, 0.29) is 24.0 Å². The maximum atomic E-state index is 11.3. The monoisotopic (exact) mass is 216 g/mol. The zero-order chi connectivity index (χ0) is 11.9. The summed E-state index contributed by atoms with van der Waals surface area (Å²) < 4.78 is 0. The summed E-state index contributed by atoms with van der Waals surface area (Å²) in [5.74, 6) is 0.163. The Hall–Kier alpha value is -0.610. The second-order valence-corrected chi connectivity index (χ2v) is 5.02. The molecule has 0 aromatic heterocycles. The van der Waals surface area contributed by atoms with Crippen LogP contribution < -0.4 is 10.6 Å². The Labute approximate surface area is 92.4 Å². The molecule has 4 heteroatoms. The number of hydrogen-bond acceptors (Lipinski definition) is 3. The summed E-state index contributed by atoms with van der Waals surface area (Å²) in [5.41, 5.74) is 0.0542. The first-order valence-corrected chi connectivity index (χ1v) is 5.47. The number of hydrogen-bond donors (Lipinski definition) is 3. The average molecular weight is 216 g/mol. The predicted octanol–water partition coefficient (Wildman–Crippen LogP) is 0.509. The number of aliphatic hydroxyl groups excluding tert-OH is 1. The van der Waals surface area contributed by atoms with Gasteiger partial charge in [0.1, 0.15) is 0 Å². The van der Waals surface area contributed by atoms with Crippen LogP contribution in [0.1, 0.15) is 34.1 Å². The van der Waals surface area contributed by atoms with Gasteiger partial charge in [0, 0.05) is 31.7 Å². The molecule has 0 aromatic carbocycles. The number of rotatable bonds is 6. The first-order valence-electron chi connectivity index (χ1n) is 5.47. The van der Waals surface area contributed by atoms with E-state index in [0.29, 0.717) is 19.5 Å². The van der Waals surface area contributed by atoms with Gasteiger partial charge in [-0.1, -0.05) is 6.92 Å². The summed E-state index contributed by atoms with van der Waals surface area (Å²) in [6.07, 6.45) is 0.482. The van der Waals surface area contributed by atoms with Crippen LogP contribution in [0.3, 0.4) is 0 Å². The molecular weight excluding hydrogens is 192 g/mol. The molecule has 4 nitrogen and oxygen atoms in total. The van der Waals surface area contributed by atoms with Crippen LogP contribution in [0.5, 0.6) is 0 Å². The highest BCUT2D eigenvalue weighted by Gasteiger charge is 2.09. The van der Waals surface area contributed by atoms with Gasteiger partial charge in [0.05, 0.1) is 0 Å². The van der Waals surface area contributed by atoms with E-state index < -0.39 is 0 Å². The van der Waals surface area contributed by atoms with E-state index in [1.54, 1.807) is 0 Å². The van der Waals surface area contributed by atoms with Gasteiger partial charge in [0.25, 0.3) is 0 Å². The minimum atomic E-state index is 0.0343. The van der Waals surface area contributed by atoms with Gasteiger partial charge in [-0.25, -0.2) is 0 Å². The molecule has 1 atom stereocenters. The van der Waals surface area contributed by atoms with E-state index >= 15 is 0 Å². The second-order valence-electron chi connectivity index (χ2n) is 5.02. The smallest absolute Gasteiger partial charge is 0.221 e. The molecule has 0 aromatic rings. The fourth-order valence-electron chi connectivity index (χ4n) is 0.992. The third kappa shape index (κ3) is 9.69. The van der Waals surface area contributed by atoms with Gasteiger partial charge in [-0.2, -0.15) is 0 Å². The molecule has 90 valence electrons. The topological polar surface area (TPSA) is 61.4 Å². The Balaban J connectivity index is 3.50. The molecule has 0 fully saturated rings. The maximum absolute atomic E-state index is 11.3. The van der Waals surface area contributed by atoms with Crippen molar-refractivity contribution in [3.63, 3.8) is 0 Å². The quantitative estimate of drug-likeness (QED) is 0.606. The lowest BCUT2D eigenvalue weighted by Gasteiger charge is -2.20. The Morgan fingerprint density at radius 1 is 1.40 bits per heavy atom. The lowest BCUT2D eigenvalue weighted by atomic mass is 10.1. The molecule has 3 N–H and O–H groups in total. The summed E-state index contributed by atoms with van der Waals surface area (Å²) in [4.78, 5) is 11.3. The van der Waals surface area contributed by atoms with Crippen molar-refractivity contribution < 1.29 is 9.90 Å². The van der Waals surface area contributed by atoms with Crippen LogP contribution in [-0.4, -0.2) is 36.2 Å². The molecule has 0 spiro atoms. The highest BCUT2D eigenvalue weighted by atomic mass is 16.3. The van der Waals surface area contributed by atoms with E-state index in [9.17, 15) is 4.79 Å². The van der Waals surface area contributed by atoms with Gasteiger partial charge in [-0.3, -0.25) is 4.79 Å². The average Bonchev–Trinajstić information content (AvgIpc) is 2.12. The minimum Gasteiger partial charge on any atom is -0.396 e. The van der Waals surface area contributed by atoms with Crippen molar-refractivity contribution in [3.05, 3.63) is 0 Å². The largest absolute Gasteiger partial charge is 0.396 e. The van der Waals surface area contributed by atoms with Gasteiger partial charge in [-0.15, -0.1) is 0 Å². The van der Waals surface area contributed by atoms with Crippen molar-refractivity contribution in [1.82, 2.24) is 10.6 Å². The zero-order valence-electron chi connectivity index (χ0n) is 10.3. The Bertz CT molecular complexity index is 188. The Morgan fingerprint density at radius 2 is 2.00 bits per heavy atom. The van der Waals surface area contributed by atoms with Crippen LogP contribution in [0.25, 0.3) is 0 Å². The summed E-state index contributed by atoms with van der Waals surface area (Å²) >= 11 is 0. The van der Waals surface area contributed by atoms with Crippen LogP contribution in [0.15, 0.2) is 0 Å². The molecule has 0 aliphatic heterocycles. The molecule has 0 saturated carbocycles. The van der Waals surface area contributed by atoms with Gasteiger partial charge in [0.2, 0.25) is 5.91 Å². The van der Waals surface area contributed by atoms with E-state index in [1.807, 2.05) is 6.92 Å². The molecule has 1 unspecified atom stereocenters. The number of aliphatic hydroxyl groups is 1. The van der Waals surface area contributed by atoms with Gasteiger partial charge < -0.3 is 15.7 Å². The minimum absolute atomic E-state index is 0.0343. The molecule has 0 aliphatic rings. The third-order valence-electron chi connectivity index (χ3n) is 1.97. The normalized spacial score (nSPS) is 13.7. The Morgan fingerprint density at radius 3 is 2.47 bits per heavy atom. The van der Waals surface area contributed by atoms with Crippen molar-refractivity contribution in [3.8, 4) is 0 Å². The summed E-state index contributed by atoms with van der Waals surface area (Å²) in [5, 5.41) is 14.8. The first kappa shape index (κ1) is 14.4. The van der Waals surface area contributed by atoms with Crippen molar-refractivity contribution in [1.29, 1.82) is 0 Å². The number of carbonyl (C=O) groups excluding carboxylic acids is 1. The molecule has 0 radical (unpaired) electrons. The van der Waals surface area contributed by atoms with Gasteiger partial charge >= 0.3 is 0 Å². The molecule has 15 heavy (non-hydrogen) atoms. The Kier molecular flexibility index (Phi) is 6.52. The van der Waals surface area contributed by atoms with Crippen LogP contribution in [0.2, 0.25) is 0 Å². The molecule has 0 saturated heterocycles. The predicted molar refractivity (Wildman–Crippen MR) is 61.6 cm³/mol. The molecule has 0 heterocycles. The first-order chi connectivity index (χ1) is 6.85. The standard InChI is InChI=1S/C11H24N2O2/c1-9(8-14)7-12-10(15)5-6-13-11(2,3)4/h9,13-14H,5-8H2,1-4H3,(H,12,15). The maximum Gasteiger partial charge on any atom is 0.221 e. The van der Waals surface area contributed by atoms with Gasteiger partial charge in [-0.05, 0) is 26.7 Å². The van der Waals surface area contributed by atoms with Crippen molar-refractivity contribution >= 4 is 5.91 Å². The highest BCUT2D eigenvalue weighted by molar-refractivity contribution is 5.76. The van der Waals surface area contributed by atoms with E-state index in [0.717, 1.165) is 0 Å². The SMILES string of the molecule is CC(CO)CNC(=O)CCNC(C)(C)C. The molecule has 1 amide bonds. The number of carbonyl (C=O) groups is 1. The van der Waals surface area contributed by atoms with Crippen LogP contribution >= 0.6 is 0 Å². The highest BCUT2D eigenvalue weighted by Crippen LogP contribution is 1.97. The summed E-state index contributed by atoms with van der Waals surface area (Å²) in [7, 11) is 0. The van der Waals surface area contributed by atoms with Crippen molar-refractivity contribution in [2.75, 3.05) is 19.7 Å². The second kappa shape index (κ2) is 6.80. The van der Waals surface area contributed by atoms with E-state index in [4.69, 9.17) is 5.11 Å². The fraction of sp³-hybridized carbons (Fsp3) is 0.909. The fourth-order valence-corrected chi connectivity index (χ4v) is 0.992. The lowest BCUT2D eigenvalue weighted by Crippen LogP contribution is -2.39.